The minimum atomic E-state index is -3.71. The van der Waals surface area contributed by atoms with Crippen molar-refractivity contribution >= 4 is 33.2 Å². The summed E-state index contributed by atoms with van der Waals surface area (Å²) in [7, 11) is -3.71. The maximum absolute atomic E-state index is 13.1. The lowest BCUT2D eigenvalue weighted by Gasteiger charge is -2.20. The van der Waals surface area contributed by atoms with E-state index in [1.807, 2.05) is 0 Å². The summed E-state index contributed by atoms with van der Waals surface area (Å²) in [6.07, 6.45) is 3.64. The van der Waals surface area contributed by atoms with Crippen LogP contribution in [0.5, 0.6) is 0 Å². The van der Waals surface area contributed by atoms with Crippen molar-refractivity contribution in [2.24, 2.45) is 0 Å². The Morgan fingerprint density at radius 1 is 0.771 bits per heavy atom. The van der Waals surface area contributed by atoms with E-state index >= 15 is 0 Å². The van der Waals surface area contributed by atoms with Crippen molar-refractivity contribution in [2.45, 2.75) is 30.6 Å². The number of amides is 2. The second kappa shape index (κ2) is 10.8. The summed E-state index contributed by atoms with van der Waals surface area (Å²) in [5.41, 5.74) is 1.04. The van der Waals surface area contributed by atoms with E-state index in [0.29, 0.717) is 18.8 Å². The van der Waals surface area contributed by atoms with Crippen molar-refractivity contribution in [1.29, 1.82) is 0 Å². The summed E-state index contributed by atoms with van der Waals surface area (Å²) in [6, 6.07) is 17.7. The average molecular weight is 496 g/mol. The molecule has 1 heterocycles. The van der Waals surface area contributed by atoms with Crippen LogP contribution in [0.3, 0.4) is 0 Å². The molecule has 1 saturated heterocycles. The summed E-state index contributed by atoms with van der Waals surface area (Å²) >= 11 is 0. The van der Waals surface area contributed by atoms with Crippen molar-refractivity contribution in [2.75, 3.05) is 23.7 Å². The molecule has 2 N–H and O–H groups in total. The third-order valence-electron chi connectivity index (χ3n) is 5.82. The number of hydrogen-bond donors (Lipinski definition) is 2. The molecule has 2 amide bonds. The van der Waals surface area contributed by atoms with Gasteiger partial charge < -0.3 is 10.6 Å². The molecule has 0 aliphatic carbocycles. The van der Waals surface area contributed by atoms with Crippen LogP contribution in [0.2, 0.25) is 0 Å². The highest BCUT2D eigenvalue weighted by Crippen LogP contribution is 2.23. The number of rotatable bonds is 6. The van der Waals surface area contributed by atoms with Gasteiger partial charge in [-0.2, -0.15) is 4.31 Å². The summed E-state index contributed by atoms with van der Waals surface area (Å²) in [6.45, 7) is 0.935. The van der Waals surface area contributed by atoms with Crippen LogP contribution in [-0.2, 0) is 10.0 Å². The highest BCUT2D eigenvalue weighted by atomic mass is 32.2. The molecule has 7 nitrogen and oxygen atoms in total. The number of halogens is 1. The van der Waals surface area contributed by atoms with Crippen LogP contribution in [-0.4, -0.2) is 37.6 Å². The molecule has 0 radical (unpaired) electrons. The van der Waals surface area contributed by atoms with E-state index in [-0.39, 0.29) is 21.7 Å². The Hall–Kier alpha value is -3.56. The molecule has 1 aliphatic heterocycles. The average Bonchev–Trinajstić information content (AvgIpc) is 3.16. The lowest BCUT2D eigenvalue weighted by atomic mass is 10.1. The number of para-hydroxylation sites is 1. The molecular formula is C26H26FN3O4S. The molecule has 182 valence electrons. The van der Waals surface area contributed by atoms with Crippen LogP contribution < -0.4 is 10.6 Å². The van der Waals surface area contributed by atoms with Gasteiger partial charge in [-0.05, 0) is 67.4 Å². The quantitative estimate of drug-likeness (QED) is 0.509. The van der Waals surface area contributed by atoms with Gasteiger partial charge in [-0.25, -0.2) is 12.8 Å². The Kier molecular flexibility index (Phi) is 7.57. The molecule has 0 aromatic heterocycles. The molecular weight excluding hydrogens is 469 g/mol. The number of hydrogen-bond acceptors (Lipinski definition) is 4. The third-order valence-corrected chi connectivity index (χ3v) is 7.72. The second-order valence-corrected chi connectivity index (χ2v) is 10.2. The fourth-order valence-corrected chi connectivity index (χ4v) is 5.51. The van der Waals surface area contributed by atoms with E-state index in [0.717, 1.165) is 25.7 Å². The van der Waals surface area contributed by atoms with Crippen LogP contribution in [0, 0.1) is 5.82 Å². The van der Waals surface area contributed by atoms with Gasteiger partial charge in [-0.3, -0.25) is 9.59 Å². The molecule has 35 heavy (non-hydrogen) atoms. The van der Waals surface area contributed by atoms with Crippen molar-refractivity contribution in [3.05, 3.63) is 89.7 Å². The first-order valence-electron chi connectivity index (χ1n) is 11.4. The van der Waals surface area contributed by atoms with Crippen molar-refractivity contribution in [3.8, 4) is 0 Å². The number of nitrogens with zero attached hydrogens (tertiary/aromatic N) is 1. The SMILES string of the molecule is O=C(Nc1ccccc1C(=O)Nc1ccc(F)cc1)c1cccc(S(=O)(=O)N2CCCCCC2)c1. The topological polar surface area (TPSA) is 95.6 Å². The van der Waals surface area contributed by atoms with Gasteiger partial charge in [-0.15, -0.1) is 0 Å². The van der Waals surface area contributed by atoms with E-state index < -0.39 is 27.7 Å². The smallest absolute Gasteiger partial charge is 0.257 e. The Morgan fingerprint density at radius 3 is 2.17 bits per heavy atom. The largest absolute Gasteiger partial charge is 0.322 e. The molecule has 4 rings (SSSR count). The number of carbonyl (C=O) groups excluding carboxylic acids is 2. The van der Waals surface area contributed by atoms with E-state index in [9.17, 15) is 22.4 Å². The van der Waals surface area contributed by atoms with Crippen LogP contribution >= 0.6 is 0 Å². The summed E-state index contributed by atoms with van der Waals surface area (Å²) in [5.74, 6) is -1.44. The number of carbonyl (C=O) groups is 2. The molecule has 0 spiro atoms. The monoisotopic (exact) mass is 495 g/mol. The number of sulfonamides is 1. The summed E-state index contributed by atoms with van der Waals surface area (Å²) < 4.78 is 40.9. The minimum absolute atomic E-state index is 0.0642. The first kappa shape index (κ1) is 24.6. The Bertz CT molecular complexity index is 1320. The summed E-state index contributed by atoms with van der Waals surface area (Å²) in [4.78, 5) is 25.9. The molecule has 0 bridgehead atoms. The van der Waals surface area contributed by atoms with Gasteiger partial charge in [0.15, 0.2) is 0 Å². The Morgan fingerprint density at radius 2 is 1.46 bits per heavy atom. The van der Waals surface area contributed by atoms with Crippen LogP contribution in [0.25, 0.3) is 0 Å². The maximum Gasteiger partial charge on any atom is 0.257 e. The molecule has 0 saturated carbocycles. The lowest BCUT2D eigenvalue weighted by Crippen LogP contribution is -2.32. The Balaban J connectivity index is 1.53. The van der Waals surface area contributed by atoms with Gasteiger partial charge in [-0.1, -0.05) is 31.0 Å². The highest BCUT2D eigenvalue weighted by Gasteiger charge is 2.26. The molecule has 3 aromatic carbocycles. The molecule has 0 atom stereocenters. The van der Waals surface area contributed by atoms with Gasteiger partial charge in [0.05, 0.1) is 16.1 Å². The van der Waals surface area contributed by atoms with E-state index in [2.05, 4.69) is 10.6 Å². The fraction of sp³-hybridized carbons (Fsp3) is 0.231. The van der Waals surface area contributed by atoms with E-state index in [1.165, 1.54) is 52.8 Å². The first-order chi connectivity index (χ1) is 16.8. The van der Waals surface area contributed by atoms with Crippen LogP contribution in [0.4, 0.5) is 15.8 Å². The van der Waals surface area contributed by atoms with Gasteiger partial charge >= 0.3 is 0 Å². The zero-order chi connectivity index (χ0) is 24.8. The zero-order valence-electron chi connectivity index (χ0n) is 19.0. The van der Waals surface area contributed by atoms with E-state index in [4.69, 9.17) is 0 Å². The van der Waals surface area contributed by atoms with Crippen LogP contribution in [0.1, 0.15) is 46.4 Å². The first-order valence-corrected chi connectivity index (χ1v) is 12.9. The minimum Gasteiger partial charge on any atom is -0.322 e. The number of anilines is 2. The Labute approximate surface area is 204 Å². The molecule has 1 fully saturated rings. The predicted molar refractivity (Wildman–Crippen MR) is 132 cm³/mol. The van der Waals surface area contributed by atoms with Gasteiger partial charge in [0.25, 0.3) is 11.8 Å². The standard InChI is InChI=1S/C26H26FN3O4S/c27-20-12-14-21(15-13-20)28-26(32)23-10-3-4-11-24(23)29-25(31)19-8-7-9-22(18-19)35(33,34)30-16-5-1-2-6-17-30/h3-4,7-15,18H,1-2,5-6,16-17H2,(H,28,32)(H,29,31). The third kappa shape index (κ3) is 5.93. The van der Waals surface area contributed by atoms with E-state index in [1.54, 1.807) is 24.3 Å². The van der Waals surface area contributed by atoms with Gasteiger partial charge in [0.1, 0.15) is 5.82 Å². The normalized spacial score (nSPS) is 14.7. The number of nitrogens with one attached hydrogen (secondary N) is 2. The maximum atomic E-state index is 13.1. The fourth-order valence-electron chi connectivity index (χ4n) is 3.95. The molecule has 3 aromatic rings. The molecule has 9 heteroatoms. The summed E-state index contributed by atoms with van der Waals surface area (Å²) in [5, 5.41) is 5.37. The van der Waals surface area contributed by atoms with Crippen LogP contribution in [0.15, 0.2) is 77.7 Å². The zero-order valence-corrected chi connectivity index (χ0v) is 19.9. The lowest BCUT2D eigenvalue weighted by molar-refractivity contribution is 0.102. The highest BCUT2D eigenvalue weighted by molar-refractivity contribution is 7.89. The van der Waals surface area contributed by atoms with Gasteiger partial charge in [0.2, 0.25) is 10.0 Å². The number of benzene rings is 3. The predicted octanol–water partition coefficient (Wildman–Crippen LogP) is 4.90. The van der Waals surface area contributed by atoms with Gasteiger partial charge in [0, 0.05) is 24.3 Å². The molecule has 1 aliphatic rings. The van der Waals surface area contributed by atoms with Crippen molar-refractivity contribution in [1.82, 2.24) is 4.31 Å². The van der Waals surface area contributed by atoms with Crippen molar-refractivity contribution in [3.63, 3.8) is 0 Å². The second-order valence-electron chi connectivity index (χ2n) is 8.31. The molecule has 0 unspecified atom stereocenters. The van der Waals surface area contributed by atoms with Crippen molar-refractivity contribution < 1.29 is 22.4 Å².